The first-order valence-electron chi connectivity index (χ1n) is 7.57. The normalized spacial score (nSPS) is 10.8. The van der Waals surface area contributed by atoms with Crippen molar-refractivity contribution in [3.05, 3.63) is 59.7 Å². The van der Waals surface area contributed by atoms with Crippen molar-refractivity contribution in [2.75, 3.05) is 6.61 Å². The van der Waals surface area contributed by atoms with Crippen LogP contribution in [0.15, 0.2) is 53.5 Å². The van der Waals surface area contributed by atoms with E-state index >= 15 is 0 Å². The van der Waals surface area contributed by atoms with E-state index in [1.807, 2.05) is 36.4 Å². The summed E-state index contributed by atoms with van der Waals surface area (Å²) in [4.78, 5) is 15.6. The van der Waals surface area contributed by atoms with Crippen molar-refractivity contribution in [1.29, 1.82) is 0 Å². The molecular weight excluding hydrogens is 274 g/mol. The molecule has 0 amide bonds. The number of hydrogen-bond donors (Lipinski definition) is 0. The molecule has 0 heterocycles. The SMILES string of the molecule is CCCCOc1ccc(/C=N/c2ccc(C(C)=O)cc2)cc1. The Morgan fingerprint density at radius 1 is 1.09 bits per heavy atom. The average molecular weight is 295 g/mol. The molecule has 0 aliphatic carbocycles. The zero-order valence-electron chi connectivity index (χ0n) is 13.1. The molecule has 22 heavy (non-hydrogen) atoms. The van der Waals surface area contributed by atoms with Gasteiger partial charge in [0.15, 0.2) is 5.78 Å². The molecule has 2 rings (SSSR count). The second kappa shape index (κ2) is 8.13. The van der Waals surface area contributed by atoms with Gasteiger partial charge in [-0.25, -0.2) is 0 Å². The second-order valence-corrected chi connectivity index (χ2v) is 5.13. The molecule has 114 valence electrons. The fourth-order valence-corrected chi connectivity index (χ4v) is 1.92. The van der Waals surface area contributed by atoms with E-state index in [1.54, 1.807) is 25.3 Å². The molecule has 0 atom stereocenters. The number of hydrogen-bond acceptors (Lipinski definition) is 3. The number of nitrogens with zero attached hydrogens (tertiary/aromatic N) is 1. The van der Waals surface area contributed by atoms with Gasteiger partial charge in [-0.3, -0.25) is 9.79 Å². The lowest BCUT2D eigenvalue weighted by Gasteiger charge is -2.04. The van der Waals surface area contributed by atoms with E-state index in [-0.39, 0.29) is 5.78 Å². The third-order valence-electron chi connectivity index (χ3n) is 3.28. The van der Waals surface area contributed by atoms with Gasteiger partial charge >= 0.3 is 0 Å². The number of ketones is 1. The highest BCUT2D eigenvalue weighted by Gasteiger charge is 1.98. The summed E-state index contributed by atoms with van der Waals surface area (Å²) in [6, 6.07) is 15.1. The first kappa shape index (κ1) is 16.0. The van der Waals surface area contributed by atoms with Gasteiger partial charge < -0.3 is 4.74 Å². The summed E-state index contributed by atoms with van der Waals surface area (Å²) in [5, 5.41) is 0. The smallest absolute Gasteiger partial charge is 0.159 e. The van der Waals surface area contributed by atoms with E-state index in [2.05, 4.69) is 11.9 Å². The molecule has 0 radical (unpaired) electrons. The topological polar surface area (TPSA) is 38.7 Å². The molecule has 0 N–H and O–H groups in total. The lowest BCUT2D eigenvalue weighted by atomic mass is 10.1. The monoisotopic (exact) mass is 295 g/mol. The van der Waals surface area contributed by atoms with Gasteiger partial charge in [0.05, 0.1) is 12.3 Å². The summed E-state index contributed by atoms with van der Waals surface area (Å²) in [5.74, 6) is 0.950. The molecule has 2 aromatic carbocycles. The number of ether oxygens (including phenoxy) is 1. The molecule has 0 bridgehead atoms. The Morgan fingerprint density at radius 2 is 1.77 bits per heavy atom. The molecule has 0 saturated carbocycles. The van der Waals surface area contributed by atoms with Crippen LogP contribution in [0.1, 0.15) is 42.6 Å². The van der Waals surface area contributed by atoms with E-state index in [0.29, 0.717) is 5.56 Å². The molecule has 0 aliphatic rings. The van der Waals surface area contributed by atoms with Crippen molar-refractivity contribution < 1.29 is 9.53 Å². The van der Waals surface area contributed by atoms with Crippen LogP contribution in [0.4, 0.5) is 5.69 Å². The average Bonchev–Trinajstić information content (AvgIpc) is 2.55. The van der Waals surface area contributed by atoms with Gasteiger partial charge in [0.2, 0.25) is 0 Å². The van der Waals surface area contributed by atoms with Gasteiger partial charge in [-0.15, -0.1) is 0 Å². The molecule has 3 heteroatoms. The van der Waals surface area contributed by atoms with Crippen LogP contribution in [-0.2, 0) is 0 Å². The fourth-order valence-electron chi connectivity index (χ4n) is 1.92. The first-order chi connectivity index (χ1) is 10.7. The van der Waals surface area contributed by atoms with Gasteiger partial charge in [0.25, 0.3) is 0 Å². The molecular formula is C19H21NO2. The summed E-state index contributed by atoms with van der Waals surface area (Å²) in [7, 11) is 0. The minimum Gasteiger partial charge on any atom is -0.494 e. The summed E-state index contributed by atoms with van der Waals surface area (Å²) in [6.07, 6.45) is 4.01. The number of benzene rings is 2. The maximum Gasteiger partial charge on any atom is 0.159 e. The van der Waals surface area contributed by atoms with Crippen molar-refractivity contribution in [3.63, 3.8) is 0 Å². The Balaban J connectivity index is 1.96. The van der Waals surface area contributed by atoms with Crippen molar-refractivity contribution >= 4 is 17.7 Å². The van der Waals surface area contributed by atoms with Crippen LogP contribution in [0.2, 0.25) is 0 Å². The van der Waals surface area contributed by atoms with Crippen LogP contribution in [0.5, 0.6) is 5.75 Å². The third-order valence-corrected chi connectivity index (χ3v) is 3.28. The highest BCUT2D eigenvalue weighted by molar-refractivity contribution is 5.94. The molecule has 0 aromatic heterocycles. The van der Waals surface area contributed by atoms with E-state index in [1.165, 1.54) is 0 Å². The van der Waals surface area contributed by atoms with Crippen LogP contribution >= 0.6 is 0 Å². The summed E-state index contributed by atoms with van der Waals surface area (Å²) in [5.41, 5.74) is 2.54. The number of Topliss-reactive ketones (excluding diaryl/α,β-unsaturated/α-hetero) is 1. The third kappa shape index (κ3) is 4.85. The Kier molecular flexibility index (Phi) is 5.90. The highest BCUT2D eigenvalue weighted by atomic mass is 16.5. The Morgan fingerprint density at radius 3 is 2.36 bits per heavy atom. The molecule has 0 saturated heterocycles. The van der Waals surface area contributed by atoms with Gasteiger partial charge in [0, 0.05) is 11.8 Å². The van der Waals surface area contributed by atoms with E-state index in [4.69, 9.17) is 4.74 Å². The molecule has 0 fully saturated rings. The number of rotatable bonds is 7. The predicted octanol–water partition coefficient (Wildman–Crippen LogP) is 4.82. The van der Waals surface area contributed by atoms with Crippen LogP contribution in [0.25, 0.3) is 0 Å². The quantitative estimate of drug-likeness (QED) is 0.417. The zero-order chi connectivity index (χ0) is 15.8. The number of carbonyl (C=O) groups is 1. The maximum atomic E-state index is 11.2. The second-order valence-electron chi connectivity index (χ2n) is 5.13. The maximum absolute atomic E-state index is 11.2. The van der Waals surface area contributed by atoms with Crippen molar-refractivity contribution in [2.24, 2.45) is 4.99 Å². The van der Waals surface area contributed by atoms with E-state index in [9.17, 15) is 4.79 Å². The lowest BCUT2D eigenvalue weighted by molar-refractivity contribution is 0.101. The van der Waals surface area contributed by atoms with Crippen molar-refractivity contribution in [2.45, 2.75) is 26.7 Å². The van der Waals surface area contributed by atoms with Gasteiger partial charge in [0.1, 0.15) is 5.75 Å². The molecule has 0 spiro atoms. The molecule has 3 nitrogen and oxygen atoms in total. The standard InChI is InChI=1S/C19H21NO2/c1-3-4-13-22-19-11-5-16(6-12-19)14-20-18-9-7-17(8-10-18)15(2)21/h5-12,14H,3-4,13H2,1-2H3/b20-14+. The van der Waals surface area contributed by atoms with E-state index < -0.39 is 0 Å². The Bertz CT molecular complexity index is 627. The van der Waals surface area contributed by atoms with Crippen LogP contribution < -0.4 is 4.74 Å². The number of unbranched alkanes of at least 4 members (excludes halogenated alkanes) is 1. The summed E-state index contributed by atoms with van der Waals surface area (Å²) in [6.45, 7) is 4.46. The minimum atomic E-state index is 0.0641. The van der Waals surface area contributed by atoms with Gasteiger partial charge in [-0.1, -0.05) is 13.3 Å². The number of aliphatic imine (C=N–C) groups is 1. The number of carbonyl (C=O) groups excluding carboxylic acids is 1. The Hall–Kier alpha value is -2.42. The lowest BCUT2D eigenvalue weighted by Crippen LogP contribution is -1.96. The van der Waals surface area contributed by atoms with Crippen molar-refractivity contribution in [1.82, 2.24) is 0 Å². The first-order valence-corrected chi connectivity index (χ1v) is 7.57. The fraction of sp³-hybridized carbons (Fsp3) is 0.263. The van der Waals surface area contributed by atoms with Gasteiger partial charge in [-0.05, 0) is 67.4 Å². The predicted molar refractivity (Wildman–Crippen MR) is 90.5 cm³/mol. The van der Waals surface area contributed by atoms with Crippen molar-refractivity contribution in [3.8, 4) is 5.75 Å². The van der Waals surface area contributed by atoms with Gasteiger partial charge in [-0.2, -0.15) is 0 Å². The molecule has 0 unspecified atom stereocenters. The summed E-state index contributed by atoms with van der Waals surface area (Å²) >= 11 is 0. The highest BCUT2D eigenvalue weighted by Crippen LogP contribution is 2.15. The molecule has 0 aliphatic heterocycles. The molecule has 2 aromatic rings. The van der Waals surface area contributed by atoms with Crippen LogP contribution in [0, 0.1) is 0 Å². The zero-order valence-corrected chi connectivity index (χ0v) is 13.1. The minimum absolute atomic E-state index is 0.0641. The summed E-state index contributed by atoms with van der Waals surface area (Å²) < 4.78 is 5.62. The Labute approximate surface area is 131 Å². The van der Waals surface area contributed by atoms with E-state index in [0.717, 1.165) is 36.4 Å². The van der Waals surface area contributed by atoms with Crippen LogP contribution in [0.3, 0.4) is 0 Å². The van der Waals surface area contributed by atoms with Crippen LogP contribution in [-0.4, -0.2) is 18.6 Å². The largest absolute Gasteiger partial charge is 0.494 e.